The Bertz CT molecular complexity index is 607. The van der Waals surface area contributed by atoms with E-state index in [4.69, 9.17) is 16.3 Å². The molecule has 2 rings (SSSR count). The number of thiophene rings is 1. The Morgan fingerprint density at radius 2 is 1.80 bits per heavy atom. The van der Waals surface area contributed by atoms with E-state index in [1.165, 1.54) is 0 Å². The van der Waals surface area contributed by atoms with Crippen molar-refractivity contribution in [2.24, 2.45) is 0 Å². The van der Waals surface area contributed by atoms with Crippen molar-refractivity contribution >= 4 is 34.7 Å². The fraction of sp³-hybridized carbons (Fsp3) is 0.200. The van der Waals surface area contributed by atoms with Crippen LogP contribution in [0.15, 0.2) is 42.5 Å². The summed E-state index contributed by atoms with van der Waals surface area (Å²) < 4.78 is 4.89. The quantitative estimate of drug-likeness (QED) is 0.475. The number of Topliss-reactive ketones (excluding diaryl/α,β-unsaturated/α-hetero) is 1. The molecule has 104 valence electrons. The SMILES string of the molecule is CCOC(=O)c1ccc(C(=O)C(Cl)c2ccccc2)s1. The molecule has 5 heteroatoms. The lowest BCUT2D eigenvalue weighted by Crippen LogP contribution is -2.05. The Kier molecular flexibility index (Phi) is 4.93. The summed E-state index contributed by atoms with van der Waals surface area (Å²) in [6.45, 7) is 2.05. The summed E-state index contributed by atoms with van der Waals surface area (Å²) in [7, 11) is 0. The second kappa shape index (κ2) is 6.68. The van der Waals surface area contributed by atoms with Crippen LogP contribution in [-0.4, -0.2) is 18.4 Å². The van der Waals surface area contributed by atoms with Crippen LogP contribution in [0, 0.1) is 0 Å². The molecular formula is C15H13ClO3S. The number of halogens is 1. The van der Waals surface area contributed by atoms with Crippen molar-refractivity contribution in [3.8, 4) is 0 Å². The lowest BCUT2D eigenvalue weighted by atomic mass is 10.1. The van der Waals surface area contributed by atoms with Gasteiger partial charge < -0.3 is 4.74 Å². The number of carbonyl (C=O) groups excluding carboxylic acids is 2. The molecule has 1 atom stereocenters. The number of hydrogen-bond donors (Lipinski definition) is 0. The molecule has 0 aliphatic carbocycles. The summed E-state index contributed by atoms with van der Waals surface area (Å²) in [6.07, 6.45) is 0. The minimum Gasteiger partial charge on any atom is -0.462 e. The van der Waals surface area contributed by atoms with E-state index in [-0.39, 0.29) is 5.78 Å². The lowest BCUT2D eigenvalue weighted by molar-refractivity contribution is 0.0532. The van der Waals surface area contributed by atoms with Gasteiger partial charge in [0.05, 0.1) is 11.5 Å². The number of carbonyl (C=O) groups is 2. The van der Waals surface area contributed by atoms with Gasteiger partial charge in [-0.15, -0.1) is 22.9 Å². The van der Waals surface area contributed by atoms with E-state index < -0.39 is 11.3 Å². The smallest absolute Gasteiger partial charge is 0.348 e. The van der Waals surface area contributed by atoms with Crippen LogP contribution in [0.3, 0.4) is 0 Å². The lowest BCUT2D eigenvalue weighted by Gasteiger charge is -2.06. The molecule has 0 spiro atoms. The van der Waals surface area contributed by atoms with E-state index in [0.717, 1.165) is 16.9 Å². The van der Waals surface area contributed by atoms with Crippen LogP contribution in [-0.2, 0) is 4.74 Å². The van der Waals surface area contributed by atoms with Gasteiger partial charge in [-0.05, 0) is 24.6 Å². The minimum atomic E-state index is -0.745. The molecule has 0 aliphatic heterocycles. The number of hydrogen-bond acceptors (Lipinski definition) is 4. The molecule has 0 saturated heterocycles. The zero-order chi connectivity index (χ0) is 14.5. The van der Waals surface area contributed by atoms with E-state index in [2.05, 4.69) is 0 Å². The average Bonchev–Trinajstić information content (AvgIpc) is 2.97. The highest BCUT2D eigenvalue weighted by molar-refractivity contribution is 7.16. The first-order valence-electron chi connectivity index (χ1n) is 6.13. The van der Waals surface area contributed by atoms with E-state index in [0.29, 0.717) is 16.4 Å². The van der Waals surface area contributed by atoms with Gasteiger partial charge in [0.2, 0.25) is 0 Å². The molecule has 1 heterocycles. The largest absolute Gasteiger partial charge is 0.462 e. The molecule has 1 aromatic heterocycles. The Hall–Kier alpha value is -1.65. The predicted molar refractivity (Wildman–Crippen MR) is 79.6 cm³/mol. The molecule has 2 aromatic rings. The van der Waals surface area contributed by atoms with E-state index in [1.807, 2.05) is 18.2 Å². The van der Waals surface area contributed by atoms with Crippen molar-refractivity contribution in [2.75, 3.05) is 6.61 Å². The maximum absolute atomic E-state index is 12.3. The van der Waals surface area contributed by atoms with E-state index in [1.54, 1.807) is 31.2 Å². The Morgan fingerprint density at radius 1 is 1.15 bits per heavy atom. The second-order valence-corrected chi connectivity index (χ2v) is 5.54. The second-order valence-electron chi connectivity index (χ2n) is 4.02. The molecule has 0 radical (unpaired) electrons. The van der Waals surface area contributed by atoms with Crippen molar-refractivity contribution in [1.82, 2.24) is 0 Å². The highest BCUT2D eigenvalue weighted by atomic mass is 35.5. The van der Waals surface area contributed by atoms with Crippen molar-refractivity contribution in [3.05, 3.63) is 57.8 Å². The predicted octanol–water partition coefficient (Wildman–Crippen LogP) is 4.09. The normalized spacial score (nSPS) is 11.9. The standard InChI is InChI=1S/C15H13ClO3S/c1-2-19-15(18)12-9-8-11(20-12)14(17)13(16)10-6-4-3-5-7-10/h3-9,13H,2H2,1H3. The minimum absolute atomic E-state index is 0.210. The molecule has 0 amide bonds. The molecule has 1 unspecified atom stereocenters. The van der Waals surface area contributed by atoms with Gasteiger partial charge in [-0.25, -0.2) is 4.79 Å². The summed E-state index contributed by atoms with van der Waals surface area (Å²) in [5.74, 6) is -0.624. The first-order chi connectivity index (χ1) is 9.63. The fourth-order valence-corrected chi connectivity index (χ4v) is 2.88. The number of ether oxygens (including phenoxy) is 1. The van der Waals surface area contributed by atoms with Crippen LogP contribution < -0.4 is 0 Å². The maximum Gasteiger partial charge on any atom is 0.348 e. The van der Waals surface area contributed by atoms with Crippen LogP contribution in [0.1, 0.15) is 37.2 Å². The van der Waals surface area contributed by atoms with Gasteiger partial charge in [0, 0.05) is 0 Å². The number of benzene rings is 1. The van der Waals surface area contributed by atoms with Gasteiger partial charge in [-0.1, -0.05) is 30.3 Å². The topological polar surface area (TPSA) is 43.4 Å². The highest BCUT2D eigenvalue weighted by Gasteiger charge is 2.22. The monoisotopic (exact) mass is 308 g/mol. The van der Waals surface area contributed by atoms with Crippen LogP contribution in [0.5, 0.6) is 0 Å². The van der Waals surface area contributed by atoms with E-state index >= 15 is 0 Å². The van der Waals surface area contributed by atoms with Gasteiger partial charge in [-0.3, -0.25) is 4.79 Å². The molecule has 0 saturated carbocycles. The zero-order valence-corrected chi connectivity index (χ0v) is 12.4. The van der Waals surface area contributed by atoms with Crippen LogP contribution >= 0.6 is 22.9 Å². The Balaban J connectivity index is 2.16. The van der Waals surface area contributed by atoms with Gasteiger partial charge in [-0.2, -0.15) is 0 Å². The molecule has 0 bridgehead atoms. The maximum atomic E-state index is 12.3. The van der Waals surface area contributed by atoms with Crippen molar-refractivity contribution in [3.63, 3.8) is 0 Å². The number of ketones is 1. The summed E-state index contributed by atoms with van der Waals surface area (Å²) in [5.41, 5.74) is 0.741. The summed E-state index contributed by atoms with van der Waals surface area (Å²) >= 11 is 7.29. The number of alkyl halides is 1. The van der Waals surface area contributed by atoms with E-state index in [9.17, 15) is 9.59 Å². The van der Waals surface area contributed by atoms with Crippen LogP contribution in [0.2, 0.25) is 0 Å². The van der Waals surface area contributed by atoms with Gasteiger partial charge >= 0.3 is 5.97 Å². The third-order valence-corrected chi connectivity index (χ3v) is 4.18. The zero-order valence-electron chi connectivity index (χ0n) is 10.8. The third kappa shape index (κ3) is 3.26. The molecule has 0 fully saturated rings. The van der Waals surface area contributed by atoms with Crippen molar-refractivity contribution in [1.29, 1.82) is 0 Å². The van der Waals surface area contributed by atoms with Gasteiger partial charge in [0.1, 0.15) is 10.3 Å². The van der Waals surface area contributed by atoms with Gasteiger partial charge in [0.25, 0.3) is 0 Å². The first-order valence-corrected chi connectivity index (χ1v) is 7.39. The van der Waals surface area contributed by atoms with Crippen LogP contribution in [0.25, 0.3) is 0 Å². The average molecular weight is 309 g/mol. The van der Waals surface area contributed by atoms with Crippen molar-refractivity contribution in [2.45, 2.75) is 12.3 Å². The summed E-state index contributed by atoms with van der Waals surface area (Å²) in [5, 5.41) is -0.745. The molecule has 20 heavy (non-hydrogen) atoms. The Morgan fingerprint density at radius 3 is 2.45 bits per heavy atom. The number of rotatable bonds is 5. The molecule has 0 N–H and O–H groups in total. The molecular weight excluding hydrogens is 296 g/mol. The fourth-order valence-electron chi connectivity index (χ4n) is 1.68. The molecule has 1 aromatic carbocycles. The number of esters is 1. The first kappa shape index (κ1) is 14.8. The summed E-state index contributed by atoms with van der Waals surface area (Å²) in [6, 6.07) is 12.3. The molecule has 3 nitrogen and oxygen atoms in total. The highest BCUT2D eigenvalue weighted by Crippen LogP contribution is 2.28. The summed E-state index contributed by atoms with van der Waals surface area (Å²) in [4.78, 5) is 24.7. The van der Waals surface area contributed by atoms with Gasteiger partial charge in [0.15, 0.2) is 5.78 Å². The Labute approximate surface area is 126 Å². The van der Waals surface area contributed by atoms with Crippen LogP contribution in [0.4, 0.5) is 0 Å². The van der Waals surface area contributed by atoms with Crippen molar-refractivity contribution < 1.29 is 14.3 Å². The third-order valence-electron chi connectivity index (χ3n) is 2.65. The molecule has 0 aliphatic rings.